The van der Waals surface area contributed by atoms with Crippen LogP contribution in [0.4, 0.5) is 5.13 Å². The highest BCUT2D eigenvalue weighted by Gasteiger charge is 2.24. The fourth-order valence-electron chi connectivity index (χ4n) is 2.12. The van der Waals surface area contributed by atoms with Gasteiger partial charge in [-0.1, -0.05) is 0 Å². The fourth-order valence-corrected chi connectivity index (χ4v) is 3.04. The molecule has 0 amide bonds. The maximum Gasteiger partial charge on any atom is 0.357 e. The number of piperazine rings is 1. The van der Waals surface area contributed by atoms with Gasteiger partial charge in [-0.25, -0.2) is 9.78 Å². The summed E-state index contributed by atoms with van der Waals surface area (Å²) in [6, 6.07) is 0.421. The zero-order chi connectivity index (χ0) is 13.1. The molecule has 1 aromatic rings. The molecule has 0 radical (unpaired) electrons. The molecular formula is C12H19N3O2S. The Bertz CT molecular complexity index is 421. The van der Waals surface area contributed by atoms with Crippen LogP contribution in [0.3, 0.4) is 0 Å². The molecule has 1 unspecified atom stereocenters. The molecule has 2 rings (SSSR count). The number of hydrogen-bond donors (Lipinski definition) is 0. The number of nitrogens with zero attached hydrogens (tertiary/aromatic N) is 3. The number of anilines is 1. The molecule has 100 valence electrons. The molecule has 1 aliphatic heterocycles. The van der Waals surface area contributed by atoms with Crippen molar-refractivity contribution in [2.45, 2.75) is 19.9 Å². The average Bonchev–Trinajstić information content (AvgIpc) is 2.78. The molecule has 1 fully saturated rings. The van der Waals surface area contributed by atoms with Crippen LogP contribution < -0.4 is 4.90 Å². The first-order chi connectivity index (χ1) is 8.61. The molecule has 18 heavy (non-hydrogen) atoms. The van der Waals surface area contributed by atoms with E-state index in [-0.39, 0.29) is 5.97 Å². The van der Waals surface area contributed by atoms with Gasteiger partial charge in [0.1, 0.15) is 0 Å². The van der Waals surface area contributed by atoms with E-state index in [1.54, 1.807) is 12.3 Å². The van der Waals surface area contributed by atoms with Crippen molar-refractivity contribution in [1.82, 2.24) is 9.88 Å². The zero-order valence-corrected chi connectivity index (χ0v) is 11.9. The summed E-state index contributed by atoms with van der Waals surface area (Å²) < 4.78 is 4.95. The number of likely N-dealkylation sites (N-methyl/N-ethyl adjacent to an activating group) is 1. The second kappa shape index (κ2) is 5.67. The molecule has 1 aromatic heterocycles. The Morgan fingerprint density at radius 2 is 2.39 bits per heavy atom. The molecule has 0 saturated carbocycles. The molecule has 1 saturated heterocycles. The predicted octanol–water partition coefficient (Wildman–Crippen LogP) is 1.46. The number of aromatic nitrogens is 1. The summed E-state index contributed by atoms with van der Waals surface area (Å²) in [5.74, 6) is -0.332. The summed E-state index contributed by atoms with van der Waals surface area (Å²) in [6.45, 7) is 7.37. The maximum absolute atomic E-state index is 11.6. The van der Waals surface area contributed by atoms with E-state index in [1.165, 1.54) is 11.3 Å². The topological polar surface area (TPSA) is 45.7 Å². The lowest BCUT2D eigenvalue weighted by Gasteiger charge is -2.38. The summed E-state index contributed by atoms with van der Waals surface area (Å²) >= 11 is 1.51. The van der Waals surface area contributed by atoms with Gasteiger partial charge in [-0.2, -0.15) is 0 Å². The highest BCUT2D eigenvalue weighted by atomic mass is 32.1. The minimum atomic E-state index is -0.332. The van der Waals surface area contributed by atoms with E-state index < -0.39 is 0 Å². The van der Waals surface area contributed by atoms with E-state index in [9.17, 15) is 4.79 Å². The second-order valence-corrected chi connectivity index (χ2v) is 5.38. The van der Waals surface area contributed by atoms with Crippen LogP contribution in [0.15, 0.2) is 5.38 Å². The smallest absolute Gasteiger partial charge is 0.357 e. The van der Waals surface area contributed by atoms with Crippen LogP contribution >= 0.6 is 11.3 Å². The first-order valence-corrected chi connectivity index (χ1v) is 7.07. The summed E-state index contributed by atoms with van der Waals surface area (Å²) in [5.41, 5.74) is 0.419. The molecule has 1 atom stereocenters. The van der Waals surface area contributed by atoms with Gasteiger partial charge in [0.2, 0.25) is 0 Å². The van der Waals surface area contributed by atoms with Crippen LogP contribution in [0.25, 0.3) is 0 Å². The van der Waals surface area contributed by atoms with Crippen LogP contribution in [0.5, 0.6) is 0 Å². The van der Waals surface area contributed by atoms with Crippen molar-refractivity contribution in [2.24, 2.45) is 0 Å². The number of hydrogen-bond acceptors (Lipinski definition) is 6. The van der Waals surface area contributed by atoms with E-state index in [0.717, 1.165) is 24.8 Å². The van der Waals surface area contributed by atoms with Crippen molar-refractivity contribution in [2.75, 3.05) is 38.2 Å². The molecule has 2 heterocycles. The van der Waals surface area contributed by atoms with Gasteiger partial charge in [-0.05, 0) is 20.9 Å². The van der Waals surface area contributed by atoms with Crippen LogP contribution in [0.1, 0.15) is 24.3 Å². The third kappa shape index (κ3) is 2.81. The van der Waals surface area contributed by atoms with E-state index in [1.807, 2.05) is 0 Å². The number of esters is 1. The molecule has 0 spiro atoms. The van der Waals surface area contributed by atoms with Gasteiger partial charge in [0, 0.05) is 31.1 Å². The van der Waals surface area contributed by atoms with Crippen LogP contribution in [0, 0.1) is 0 Å². The second-order valence-electron chi connectivity index (χ2n) is 4.54. The molecular weight excluding hydrogens is 250 g/mol. The standard InChI is InChI=1S/C12H19N3O2S/c1-4-17-11(16)10-8-18-12(13-10)15-6-5-14(3)7-9(15)2/h8-9H,4-7H2,1-3H3. The van der Waals surface area contributed by atoms with E-state index in [2.05, 4.69) is 28.8 Å². The molecule has 0 aliphatic carbocycles. The number of ether oxygens (including phenoxy) is 1. The Morgan fingerprint density at radius 1 is 1.61 bits per heavy atom. The first kappa shape index (κ1) is 13.3. The van der Waals surface area contributed by atoms with Gasteiger partial charge in [0.05, 0.1) is 6.61 Å². The number of rotatable bonds is 3. The lowest BCUT2D eigenvalue weighted by Crippen LogP contribution is -2.50. The van der Waals surface area contributed by atoms with Crippen molar-refractivity contribution >= 4 is 22.4 Å². The highest BCUT2D eigenvalue weighted by molar-refractivity contribution is 7.13. The third-order valence-corrected chi connectivity index (χ3v) is 3.93. The summed E-state index contributed by atoms with van der Waals surface area (Å²) in [6.07, 6.45) is 0. The van der Waals surface area contributed by atoms with Gasteiger partial charge in [-0.3, -0.25) is 0 Å². The summed E-state index contributed by atoms with van der Waals surface area (Å²) in [4.78, 5) is 20.5. The van der Waals surface area contributed by atoms with Crippen molar-refractivity contribution in [3.63, 3.8) is 0 Å². The van der Waals surface area contributed by atoms with Crippen LogP contribution in [-0.4, -0.2) is 55.2 Å². The number of carbonyl (C=O) groups is 1. The average molecular weight is 269 g/mol. The Hall–Kier alpha value is -1.14. The largest absolute Gasteiger partial charge is 0.461 e. The van der Waals surface area contributed by atoms with Gasteiger partial charge in [0.15, 0.2) is 10.8 Å². The quantitative estimate of drug-likeness (QED) is 0.777. The predicted molar refractivity (Wildman–Crippen MR) is 72.4 cm³/mol. The summed E-state index contributed by atoms with van der Waals surface area (Å²) in [7, 11) is 2.12. The van der Waals surface area contributed by atoms with Crippen molar-refractivity contribution in [3.8, 4) is 0 Å². The normalized spacial score (nSPS) is 21.1. The molecule has 0 N–H and O–H groups in total. The van der Waals surface area contributed by atoms with Crippen molar-refractivity contribution in [1.29, 1.82) is 0 Å². The molecule has 0 bridgehead atoms. The van der Waals surface area contributed by atoms with Gasteiger partial charge >= 0.3 is 5.97 Å². The Balaban J connectivity index is 2.07. The molecule has 6 heteroatoms. The van der Waals surface area contributed by atoms with Gasteiger partial charge < -0.3 is 14.5 Å². The maximum atomic E-state index is 11.6. The molecule has 1 aliphatic rings. The van der Waals surface area contributed by atoms with E-state index in [0.29, 0.717) is 18.3 Å². The minimum absolute atomic E-state index is 0.332. The molecule has 5 nitrogen and oxygen atoms in total. The summed E-state index contributed by atoms with van der Waals surface area (Å²) in [5, 5.41) is 2.69. The third-order valence-electron chi connectivity index (χ3n) is 3.05. The monoisotopic (exact) mass is 269 g/mol. The van der Waals surface area contributed by atoms with Crippen molar-refractivity contribution < 1.29 is 9.53 Å². The lowest BCUT2D eigenvalue weighted by molar-refractivity contribution is 0.0520. The first-order valence-electron chi connectivity index (χ1n) is 6.19. The number of carbonyl (C=O) groups excluding carboxylic acids is 1. The Kier molecular flexibility index (Phi) is 4.19. The minimum Gasteiger partial charge on any atom is -0.461 e. The fraction of sp³-hybridized carbons (Fsp3) is 0.667. The van der Waals surface area contributed by atoms with Gasteiger partial charge in [-0.15, -0.1) is 11.3 Å². The zero-order valence-electron chi connectivity index (χ0n) is 11.0. The highest BCUT2D eigenvalue weighted by Crippen LogP contribution is 2.24. The Labute approximate surface area is 111 Å². The Morgan fingerprint density at radius 3 is 3.06 bits per heavy atom. The van der Waals surface area contributed by atoms with Crippen LogP contribution in [-0.2, 0) is 4.74 Å². The lowest BCUT2D eigenvalue weighted by atomic mass is 10.2. The van der Waals surface area contributed by atoms with Crippen molar-refractivity contribution in [3.05, 3.63) is 11.1 Å². The SMILES string of the molecule is CCOC(=O)c1csc(N2CCN(C)CC2C)n1. The van der Waals surface area contributed by atoms with E-state index in [4.69, 9.17) is 4.74 Å². The van der Waals surface area contributed by atoms with E-state index >= 15 is 0 Å². The van der Waals surface area contributed by atoms with Gasteiger partial charge in [0.25, 0.3) is 0 Å². The molecule has 0 aromatic carbocycles. The van der Waals surface area contributed by atoms with Crippen LogP contribution in [0.2, 0.25) is 0 Å². The number of thiazole rings is 1.